The van der Waals surface area contributed by atoms with E-state index in [1.54, 1.807) is 12.4 Å². The van der Waals surface area contributed by atoms with Crippen molar-refractivity contribution in [2.24, 2.45) is 0 Å². The van der Waals surface area contributed by atoms with Crippen LogP contribution in [0, 0.1) is 0 Å². The van der Waals surface area contributed by atoms with Gasteiger partial charge in [-0.2, -0.15) is 0 Å². The van der Waals surface area contributed by atoms with Gasteiger partial charge in [0.1, 0.15) is 17.7 Å². The van der Waals surface area contributed by atoms with E-state index in [-0.39, 0.29) is 18.3 Å². The van der Waals surface area contributed by atoms with Crippen molar-refractivity contribution in [3.05, 3.63) is 30.1 Å². The van der Waals surface area contributed by atoms with Crippen molar-refractivity contribution in [3.8, 4) is 0 Å². The molecule has 0 saturated heterocycles. The van der Waals surface area contributed by atoms with Gasteiger partial charge in [0, 0.05) is 30.6 Å². The lowest BCUT2D eigenvalue weighted by molar-refractivity contribution is 0.0444. The molecule has 1 aromatic heterocycles. The van der Waals surface area contributed by atoms with Crippen LogP contribution in [0.4, 0.5) is 0 Å². The van der Waals surface area contributed by atoms with Gasteiger partial charge in [-0.25, -0.2) is 4.98 Å². The summed E-state index contributed by atoms with van der Waals surface area (Å²) in [6.45, 7) is 5.40. The molecule has 4 unspecified atom stereocenters. The third-order valence-electron chi connectivity index (χ3n) is 3.32. The zero-order chi connectivity index (χ0) is 16.9. The minimum absolute atomic E-state index is 0.0144. The lowest BCUT2D eigenvalue weighted by Gasteiger charge is -2.26. The van der Waals surface area contributed by atoms with Gasteiger partial charge in [-0.1, -0.05) is 6.92 Å². The standard InChI is InChI=1S/C15H25N2O4PS/c1-5-13-14(9-11(3)19-13)21-22(23,18-6-2)20-12(4)10-15-16-7-8-17-15/h7-9,11-13H,5-6,10H2,1-4H3,(H,16,17). The molecule has 1 aliphatic heterocycles. The maximum Gasteiger partial charge on any atom is 0.380 e. The van der Waals surface area contributed by atoms with Crippen LogP contribution < -0.4 is 0 Å². The molecule has 0 aliphatic carbocycles. The zero-order valence-electron chi connectivity index (χ0n) is 14.0. The topological polar surface area (TPSA) is 65.6 Å². The van der Waals surface area contributed by atoms with Crippen molar-refractivity contribution in [1.29, 1.82) is 0 Å². The summed E-state index contributed by atoms with van der Waals surface area (Å²) in [6, 6.07) is 0. The van der Waals surface area contributed by atoms with Crippen LogP contribution in [0.5, 0.6) is 0 Å². The minimum atomic E-state index is -2.88. The number of imidazole rings is 1. The summed E-state index contributed by atoms with van der Waals surface area (Å²) in [6.07, 6.45) is 6.63. The average molecular weight is 360 g/mol. The minimum Gasteiger partial charge on any atom is -0.426 e. The number of aromatic amines is 1. The van der Waals surface area contributed by atoms with Gasteiger partial charge < -0.3 is 14.2 Å². The Balaban J connectivity index is 2.03. The van der Waals surface area contributed by atoms with E-state index in [4.69, 9.17) is 30.1 Å². The predicted octanol–water partition coefficient (Wildman–Crippen LogP) is 3.72. The number of ether oxygens (including phenoxy) is 1. The first-order valence-corrected chi connectivity index (χ1v) is 10.5. The van der Waals surface area contributed by atoms with Gasteiger partial charge in [0.05, 0.1) is 18.8 Å². The largest absolute Gasteiger partial charge is 0.426 e. The molecule has 4 atom stereocenters. The number of nitrogens with zero attached hydrogens (tertiary/aromatic N) is 1. The summed E-state index contributed by atoms with van der Waals surface area (Å²) in [5, 5.41) is 0. The van der Waals surface area contributed by atoms with Crippen molar-refractivity contribution in [2.45, 2.75) is 58.8 Å². The maximum atomic E-state index is 5.99. The van der Waals surface area contributed by atoms with E-state index in [0.717, 1.165) is 18.0 Å². The number of aromatic nitrogens is 2. The summed E-state index contributed by atoms with van der Waals surface area (Å²) in [7, 11) is 0. The molecule has 1 aromatic rings. The summed E-state index contributed by atoms with van der Waals surface area (Å²) < 4.78 is 23.4. The van der Waals surface area contributed by atoms with E-state index in [1.165, 1.54) is 0 Å². The van der Waals surface area contributed by atoms with Crippen LogP contribution in [0.2, 0.25) is 0 Å². The molecule has 6 nitrogen and oxygen atoms in total. The molecule has 2 heterocycles. The van der Waals surface area contributed by atoms with Gasteiger partial charge in [-0.15, -0.1) is 0 Å². The predicted molar refractivity (Wildman–Crippen MR) is 92.5 cm³/mol. The van der Waals surface area contributed by atoms with Crippen LogP contribution in [-0.2, 0) is 36.5 Å². The van der Waals surface area contributed by atoms with Crippen LogP contribution in [-0.4, -0.2) is 34.9 Å². The first-order chi connectivity index (χ1) is 11.0. The maximum absolute atomic E-state index is 5.99. The van der Waals surface area contributed by atoms with E-state index in [1.807, 2.05) is 33.8 Å². The van der Waals surface area contributed by atoms with Crippen molar-refractivity contribution >= 4 is 18.5 Å². The Kier molecular flexibility index (Phi) is 6.80. The zero-order valence-corrected chi connectivity index (χ0v) is 15.7. The first-order valence-electron chi connectivity index (χ1n) is 7.93. The third-order valence-corrected chi connectivity index (χ3v) is 5.74. The monoisotopic (exact) mass is 360 g/mol. The van der Waals surface area contributed by atoms with Crippen molar-refractivity contribution in [3.63, 3.8) is 0 Å². The van der Waals surface area contributed by atoms with Gasteiger partial charge in [-0.05, 0) is 33.3 Å². The SMILES string of the molecule is CCOP(=S)(OC1=CC(C)OC1CC)OC(C)Cc1ncc[nH]1. The van der Waals surface area contributed by atoms with Gasteiger partial charge in [0.2, 0.25) is 0 Å². The van der Waals surface area contributed by atoms with Crippen LogP contribution in [0.1, 0.15) is 39.9 Å². The highest BCUT2D eigenvalue weighted by atomic mass is 32.5. The Morgan fingerprint density at radius 3 is 2.87 bits per heavy atom. The van der Waals surface area contributed by atoms with Gasteiger partial charge in [0.15, 0.2) is 0 Å². The molecular formula is C15H25N2O4PS. The molecule has 2 rings (SSSR count). The normalized spacial score (nSPS) is 25.0. The molecular weight excluding hydrogens is 335 g/mol. The van der Waals surface area contributed by atoms with Crippen molar-refractivity contribution in [2.75, 3.05) is 6.61 Å². The van der Waals surface area contributed by atoms with Crippen molar-refractivity contribution in [1.82, 2.24) is 9.97 Å². The second-order valence-corrected chi connectivity index (χ2v) is 8.31. The van der Waals surface area contributed by atoms with Gasteiger partial charge in [0.25, 0.3) is 0 Å². The lowest BCUT2D eigenvalue weighted by atomic mass is 10.2. The van der Waals surface area contributed by atoms with Gasteiger partial charge >= 0.3 is 6.72 Å². The van der Waals surface area contributed by atoms with Crippen LogP contribution in [0.15, 0.2) is 24.2 Å². The number of rotatable bonds is 9. The quantitative estimate of drug-likeness (QED) is 0.677. The number of H-pyrrole nitrogens is 1. The number of hydrogen-bond donors (Lipinski definition) is 1. The highest BCUT2D eigenvalue weighted by Gasteiger charge is 2.32. The van der Waals surface area contributed by atoms with E-state index >= 15 is 0 Å². The fraction of sp³-hybridized carbons (Fsp3) is 0.667. The van der Waals surface area contributed by atoms with Crippen molar-refractivity contribution < 1.29 is 18.3 Å². The Morgan fingerprint density at radius 2 is 2.26 bits per heavy atom. The van der Waals surface area contributed by atoms with E-state index in [9.17, 15) is 0 Å². The van der Waals surface area contributed by atoms with Crippen LogP contribution in [0.3, 0.4) is 0 Å². The second kappa shape index (κ2) is 8.40. The summed E-state index contributed by atoms with van der Waals surface area (Å²) in [5.41, 5.74) is 0. The summed E-state index contributed by atoms with van der Waals surface area (Å²) in [4.78, 5) is 7.26. The molecule has 0 fully saturated rings. The molecule has 0 saturated carbocycles. The first kappa shape index (κ1) is 18.6. The number of hydrogen-bond acceptors (Lipinski definition) is 6. The number of nitrogens with one attached hydrogen (secondary N) is 1. The molecule has 1 N–H and O–H groups in total. The van der Waals surface area contributed by atoms with Crippen LogP contribution >= 0.6 is 6.72 Å². The lowest BCUT2D eigenvalue weighted by Crippen LogP contribution is -2.16. The molecule has 0 aromatic carbocycles. The molecule has 0 amide bonds. The third kappa shape index (κ3) is 5.40. The summed E-state index contributed by atoms with van der Waals surface area (Å²) in [5.74, 6) is 1.57. The molecule has 8 heteroatoms. The van der Waals surface area contributed by atoms with E-state index in [0.29, 0.717) is 13.0 Å². The molecule has 0 spiro atoms. The molecule has 1 aliphatic rings. The average Bonchev–Trinajstić information content (AvgIpc) is 3.08. The smallest absolute Gasteiger partial charge is 0.380 e. The fourth-order valence-electron chi connectivity index (χ4n) is 2.40. The Hall–Kier alpha value is -0.720. The molecule has 0 bridgehead atoms. The van der Waals surface area contributed by atoms with E-state index in [2.05, 4.69) is 9.97 Å². The highest BCUT2D eigenvalue weighted by Crippen LogP contribution is 2.54. The molecule has 130 valence electrons. The molecule has 23 heavy (non-hydrogen) atoms. The Labute approximate surface area is 142 Å². The Bertz CT molecular complexity index is 564. The second-order valence-electron chi connectivity index (χ2n) is 5.42. The van der Waals surface area contributed by atoms with Gasteiger partial charge in [-0.3, -0.25) is 9.05 Å². The fourth-order valence-corrected chi connectivity index (χ4v) is 4.84. The summed E-state index contributed by atoms with van der Waals surface area (Å²) >= 11 is 5.57. The molecule has 0 radical (unpaired) electrons. The van der Waals surface area contributed by atoms with E-state index < -0.39 is 6.72 Å². The van der Waals surface area contributed by atoms with Crippen LogP contribution in [0.25, 0.3) is 0 Å². The Morgan fingerprint density at radius 1 is 1.48 bits per heavy atom. The highest BCUT2D eigenvalue weighted by molar-refractivity contribution is 8.07.